The van der Waals surface area contributed by atoms with E-state index in [0.29, 0.717) is 0 Å². The van der Waals surface area contributed by atoms with Gasteiger partial charge in [-0.15, -0.1) is 0 Å². The smallest absolute Gasteiger partial charge is 0.0471 e. The summed E-state index contributed by atoms with van der Waals surface area (Å²) in [6.45, 7) is 3.45. The Morgan fingerprint density at radius 2 is 1.79 bits per heavy atom. The van der Waals surface area contributed by atoms with Crippen molar-refractivity contribution in [2.45, 2.75) is 45.4 Å². The van der Waals surface area contributed by atoms with Gasteiger partial charge in [-0.1, -0.05) is 37.6 Å². The molecule has 0 bridgehead atoms. The number of benzene rings is 1. The van der Waals surface area contributed by atoms with Crippen LogP contribution in [0.1, 0.15) is 43.7 Å². The SMILES string of the molecule is COCCCC(C)CCCc1cccc(CCO)c1. The molecule has 0 saturated heterocycles. The van der Waals surface area contributed by atoms with E-state index in [1.165, 1.54) is 36.8 Å². The van der Waals surface area contributed by atoms with Crippen LogP contribution >= 0.6 is 0 Å². The van der Waals surface area contributed by atoms with Crippen LogP contribution in [-0.4, -0.2) is 25.4 Å². The van der Waals surface area contributed by atoms with Crippen LogP contribution in [-0.2, 0) is 17.6 Å². The first kappa shape index (κ1) is 16.2. The minimum atomic E-state index is 0.236. The summed E-state index contributed by atoms with van der Waals surface area (Å²) < 4.78 is 5.08. The summed E-state index contributed by atoms with van der Waals surface area (Å²) in [5.41, 5.74) is 2.64. The Hall–Kier alpha value is -0.860. The highest BCUT2D eigenvalue weighted by Gasteiger charge is 2.03. The molecule has 0 aliphatic heterocycles. The van der Waals surface area contributed by atoms with Crippen molar-refractivity contribution in [1.29, 1.82) is 0 Å². The maximum atomic E-state index is 8.95. The molecule has 108 valence electrons. The molecule has 1 aromatic carbocycles. The normalized spacial score (nSPS) is 12.6. The minimum Gasteiger partial charge on any atom is -0.396 e. The number of hydrogen-bond donors (Lipinski definition) is 1. The number of methoxy groups -OCH3 is 1. The summed E-state index contributed by atoms with van der Waals surface area (Å²) in [7, 11) is 1.77. The van der Waals surface area contributed by atoms with Crippen LogP contribution in [0.4, 0.5) is 0 Å². The predicted octanol–water partition coefficient (Wildman–Crippen LogP) is 3.61. The predicted molar refractivity (Wildman–Crippen MR) is 80.4 cm³/mol. The molecule has 0 heterocycles. The van der Waals surface area contributed by atoms with Crippen molar-refractivity contribution in [3.8, 4) is 0 Å². The van der Waals surface area contributed by atoms with Gasteiger partial charge in [0.1, 0.15) is 0 Å². The monoisotopic (exact) mass is 264 g/mol. The third-order valence-corrected chi connectivity index (χ3v) is 3.60. The first-order valence-corrected chi connectivity index (χ1v) is 7.44. The Balaban J connectivity index is 2.22. The van der Waals surface area contributed by atoms with Gasteiger partial charge in [0.2, 0.25) is 0 Å². The zero-order chi connectivity index (χ0) is 13.9. The van der Waals surface area contributed by atoms with Crippen molar-refractivity contribution in [3.63, 3.8) is 0 Å². The van der Waals surface area contributed by atoms with Crippen molar-refractivity contribution in [3.05, 3.63) is 35.4 Å². The van der Waals surface area contributed by atoms with E-state index in [1.807, 2.05) is 0 Å². The second-order valence-electron chi connectivity index (χ2n) is 5.43. The van der Waals surface area contributed by atoms with Gasteiger partial charge in [0.15, 0.2) is 0 Å². The van der Waals surface area contributed by atoms with Crippen LogP contribution in [0.5, 0.6) is 0 Å². The van der Waals surface area contributed by atoms with Gasteiger partial charge in [-0.2, -0.15) is 0 Å². The number of hydrogen-bond acceptors (Lipinski definition) is 2. The molecule has 1 aromatic rings. The van der Waals surface area contributed by atoms with Crippen LogP contribution in [0.25, 0.3) is 0 Å². The summed E-state index contributed by atoms with van der Waals surface area (Å²) >= 11 is 0. The molecule has 0 aliphatic carbocycles. The van der Waals surface area contributed by atoms with Crippen molar-refractivity contribution < 1.29 is 9.84 Å². The second kappa shape index (κ2) is 9.99. The minimum absolute atomic E-state index is 0.236. The van der Waals surface area contributed by atoms with Crippen molar-refractivity contribution in [1.82, 2.24) is 0 Å². The summed E-state index contributed by atoms with van der Waals surface area (Å²) in [4.78, 5) is 0. The average Bonchev–Trinajstić information content (AvgIpc) is 2.40. The Labute approximate surface area is 117 Å². The van der Waals surface area contributed by atoms with E-state index in [2.05, 4.69) is 31.2 Å². The summed E-state index contributed by atoms with van der Waals surface area (Å²) in [6, 6.07) is 8.61. The first-order chi connectivity index (χ1) is 9.26. The fourth-order valence-electron chi connectivity index (χ4n) is 2.44. The highest BCUT2D eigenvalue weighted by atomic mass is 16.5. The van der Waals surface area contributed by atoms with Gasteiger partial charge >= 0.3 is 0 Å². The molecule has 2 heteroatoms. The van der Waals surface area contributed by atoms with E-state index >= 15 is 0 Å². The Bertz CT molecular complexity index is 336. The van der Waals surface area contributed by atoms with Gasteiger partial charge in [0.05, 0.1) is 0 Å². The van der Waals surface area contributed by atoms with Gasteiger partial charge in [0, 0.05) is 20.3 Å². The maximum absolute atomic E-state index is 8.95. The fourth-order valence-corrected chi connectivity index (χ4v) is 2.44. The number of aliphatic hydroxyl groups excluding tert-OH is 1. The van der Waals surface area contributed by atoms with Gasteiger partial charge in [0.25, 0.3) is 0 Å². The van der Waals surface area contributed by atoms with Gasteiger partial charge in [-0.25, -0.2) is 0 Å². The average molecular weight is 264 g/mol. The highest BCUT2D eigenvalue weighted by Crippen LogP contribution is 2.16. The molecule has 1 unspecified atom stereocenters. The number of aliphatic hydroxyl groups is 1. The molecule has 0 fully saturated rings. The summed E-state index contributed by atoms with van der Waals surface area (Å²) in [5, 5.41) is 8.95. The lowest BCUT2D eigenvalue weighted by Gasteiger charge is -2.11. The molecule has 1 N–H and O–H groups in total. The van der Waals surface area contributed by atoms with Crippen molar-refractivity contribution in [2.75, 3.05) is 20.3 Å². The van der Waals surface area contributed by atoms with E-state index < -0.39 is 0 Å². The van der Waals surface area contributed by atoms with Crippen LogP contribution in [0.15, 0.2) is 24.3 Å². The van der Waals surface area contributed by atoms with Crippen LogP contribution in [0.3, 0.4) is 0 Å². The fraction of sp³-hybridized carbons (Fsp3) is 0.647. The molecule has 2 nitrogen and oxygen atoms in total. The Morgan fingerprint density at radius 3 is 2.47 bits per heavy atom. The molecule has 1 rings (SSSR count). The largest absolute Gasteiger partial charge is 0.396 e. The number of rotatable bonds is 10. The topological polar surface area (TPSA) is 29.5 Å². The zero-order valence-electron chi connectivity index (χ0n) is 12.4. The molecular weight excluding hydrogens is 236 g/mol. The van der Waals surface area contributed by atoms with Gasteiger partial charge in [-0.3, -0.25) is 0 Å². The first-order valence-electron chi connectivity index (χ1n) is 7.44. The van der Waals surface area contributed by atoms with E-state index in [4.69, 9.17) is 9.84 Å². The second-order valence-corrected chi connectivity index (χ2v) is 5.43. The molecule has 0 aromatic heterocycles. The number of ether oxygens (including phenoxy) is 1. The quantitative estimate of drug-likeness (QED) is 0.654. The van der Waals surface area contributed by atoms with E-state index in [0.717, 1.165) is 25.4 Å². The van der Waals surface area contributed by atoms with Crippen LogP contribution < -0.4 is 0 Å². The van der Waals surface area contributed by atoms with Gasteiger partial charge in [-0.05, 0) is 49.1 Å². The number of aryl methyl sites for hydroxylation is 1. The highest BCUT2D eigenvalue weighted by molar-refractivity contribution is 5.23. The molecular formula is C17H28O2. The molecule has 1 atom stereocenters. The van der Waals surface area contributed by atoms with Crippen molar-refractivity contribution in [2.24, 2.45) is 5.92 Å². The molecule has 0 radical (unpaired) electrons. The lowest BCUT2D eigenvalue weighted by Crippen LogP contribution is -1.99. The third kappa shape index (κ3) is 7.34. The van der Waals surface area contributed by atoms with Crippen LogP contribution in [0, 0.1) is 5.92 Å². The Morgan fingerprint density at radius 1 is 1.11 bits per heavy atom. The van der Waals surface area contributed by atoms with Gasteiger partial charge < -0.3 is 9.84 Å². The van der Waals surface area contributed by atoms with E-state index in [9.17, 15) is 0 Å². The van der Waals surface area contributed by atoms with E-state index in [1.54, 1.807) is 7.11 Å². The molecule has 0 amide bonds. The van der Waals surface area contributed by atoms with Crippen LogP contribution in [0.2, 0.25) is 0 Å². The third-order valence-electron chi connectivity index (χ3n) is 3.60. The molecule has 0 aliphatic rings. The molecule has 0 spiro atoms. The summed E-state index contributed by atoms with van der Waals surface area (Å²) in [5.74, 6) is 0.788. The van der Waals surface area contributed by atoms with Crippen molar-refractivity contribution >= 4 is 0 Å². The Kier molecular flexibility index (Phi) is 8.52. The molecule has 19 heavy (non-hydrogen) atoms. The molecule has 0 saturated carbocycles. The van der Waals surface area contributed by atoms with E-state index in [-0.39, 0.29) is 6.61 Å². The lowest BCUT2D eigenvalue weighted by molar-refractivity contribution is 0.187. The summed E-state index contributed by atoms with van der Waals surface area (Å²) in [6.07, 6.45) is 6.88. The maximum Gasteiger partial charge on any atom is 0.0471 e. The lowest BCUT2D eigenvalue weighted by atomic mass is 9.96. The zero-order valence-corrected chi connectivity index (χ0v) is 12.4. The standard InChI is InChI=1S/C17H28O2/c1-15(7-5-13-19-2)6-3-8-16-9-4-10-17(14-16)11-12-18/h4,9-10,14-15,18H,3,5-8,11-13H2,1-2H3.